The molecule has 2 aromatic heterocycles. The molecule has 166 valence electrons. The zero-order chi connectivity index (χ0) is 21.9. The monoisotopic (exact) mass is 429 g/mol. The second-order valence-electron chi connectivity index (χ2n) is 8.03. The van der Waals surface area contributed by atoms with Gasteiger partial charge in [-0.2, -0.15) is 18.3 Å². The van der Waals surface area contributed by atoms with E-state index in [0.29, 0.717) is 17.3 Å². The van der Waals surface area contributed by atoms with Crippen LogP contribution < -0.4 is 5.56 Å². The zero-order valence-electron chi connectivity index (χ0n) is 16.8. The maximum atomic E-state index is 12.4. The van der Waals surface area contributed by atoms with Gasteiger partial charge in [-0.1, -0.05) is 25.7 Å². The summed E-state index contributed by atoms with van der Waals surface area (Å²) in [6.07, 6.45) is 4.77. The first-order valence-electron chi connectivity index (χ1n) is 10.1. The van der Waals surface area contributed by atoms with Crippen molar-refractivity contribution in [2.45, 2.75) is 57.2 Å². The molecular formula is C19H26F3N5O3. The Bertz CT molecular complexity index is 926. The van der Waals surface area contributed by atoms with Gasteiger partial charge in [-0.15, -0.1) is 0 Å². The van der Waals surface area contributed by atoms with Gasteiger partial charge in [0.25, 0.3) is 5.56 Å². The Hall–Kier alpha value is -2.43. The van der Waals surface area contributed by atoms with Crippen molar-refractivity contribution < 1.29 is 23.1 Å². The van der Waals surface area contributed by atoms with Crippen LogP contribution in [-0.4, -0.2) is 62.0 Å². The van der Waals surface area contributed by atoms with E-state index in [4.69, 9.17) is 14.9 Å². The number of rotatable bonds is 3. The van der Waals surface area contributed by atoms with E-state index in [1.807, 2.05) is 4.68 Å². The normalized spacial score (nSPS) is 19.1. The molecule has 30 heavy (non-hydrogen) atoms. The Morgan fingerprint density at radius 1 is 1.23 bits per heavy atom. The van der Waals surface area contributed by atoms with Crippen LogP contribution in [0.25, 0.3) is 11.0 Å². The van der Waals surface area contributed by atoms with E-state index in [1.165, 1.54) is 25.7 Å². The number of piperidine rings is 1. The molecule has 0 spiro atoms. The number of H-pyrrole nitrogens is 1. The van der Waals surface area contributed by atoms with Crippen LogP contribution in [0.5, 0.6) is 0 Å². The number of hydrogen-bond acceptors (Lipinski definition) is 5. The molecule has 0 amide bonds. The number of aromatic amines is 1. The summed E-state index contributed by atoms with van der Waals surface area (Å²) in [7, 11) is 2.15. The zero-order valence-corrected chi connectivity index (χ0v) is 16.8. The Morgan fingerprint density at radius 2 is 1.83 bits per heavy atom. The number of nitrogens with one attached hydrogen (secondary N) is 1. The number of carbonyl (C=O) groups is 1. The fourth-order valence-electron chi connectivity index (χ4n) is 4.07. The number of likely N-dealkylation sites (tertiary alicyclic amines) is 1. The van der Waals surface area contributed by atoms with Crippen molar-refractivity contribution in [3.05, 3.63) is 22.4 Å². The molecule has 2 fully saturated rings. The van der Waals surface area contributed by atoms with Crippen molar-refractivity contribution in [2.75, 3.05) is 20.1 Å². The highest BCUT2D eigenvalue weighted by Gasteiger charge is 2.38. The van der Waals surface area contributed by atoms with Gasteiger partial charge in [0.05, 0.1) is 12.2 Å². The van der Waals surface area contributed by atoms with Gasteiger partial charge < -0.3 is 15.0 Å². The van der Waals surface area contributed by atoms with Crippen LogP contribution in [0.2, 0.25) is 0 Å². The number of carboxylic acids is 1. The molecule has 1 aliphatic carbocycles. The molecule has 0 atom stereocenters. The summed E-state index contributed by atoms with van der Waals surface area (Å²) in [6.45, 7) is 2.15. The van der Waals surface area contributed by atoms with Gasteiger partial charge in [0.2, 0.25) is 0 Å². The van der Waals surface area contributed by atoms with Gasteiger partial charge in [-0.3, -0.25) is 4.79 Å². The van der Waals surface area contributed by atoms with Gasteiger partial charge in [0, 0.05) is 6.42 Å². The lowest BCUT2D eigenvalue weighted by molar-refractivity contribution is -0.192. The molecule has 2 aliphatic rings. The van der Waals surface area contributed by atoms with Crippen LogP contribution >= 0.6 is 0 Å². The van der Waals surface area contributed by atoms with Crippen molar-refractivity contribution in [1.82, 2.24) is 24.6 Å². The molecule has 0 aromatic carbocycles. The van der Waals surface area contributed by atoms with E-state index in [1.54, 1.807) is 6.20 Å². The minimum absolute atomic E-state index is 0.0397. The topological polar surface area (TPSA) is 104 Å². The molecule has 0 radical (unpaired) electrons. The maximum absolute atomic E-state index is 12.4. The Morgan fingerprint density at radius 3 is 2.40 bits per heavy atom. The average molecular weight is 429 g/mol. The number of aliphatic carboxylic acids is 1. The van der Waals surface area contributed by atoms with Crippen LogP contribution in [0.15, 0.2) is 11.0 Å². The van der Waals surface area contributed by atoms with E-state index in [-0.39, 0.29) is 5.56 Å². The Labute approximate surface area is 171 Å². The molecule has 11 heteroatoms. The minimum atomic E-state index is -5.08. The largest absolute Gasteiger partial charge is 0.490 e. The quantitative estimate of drug-likeness (QED) is 0.778. The number of nitrogens with zero attached hydrogens (tertiary/aromatic N) is 4. The smallest absolute Gasteiger partial charge is 0.475 e. The lowest BCUT2D eigenvalue weighted by Gasteiger charge is -2.29. The molecule has 1 aliphatic heterocycles. The number of fused-ring (bicyclic) bond motifs is 1. The number of alkyl halides is 3. The predicted octanol–water partition coefficient (Wildman–Crippen LogP) is 2.75. The molecule has 2 aromatic rings. The first-order chi connectivity index (χ1) is 14.1. The van der Waals surface area contributed by atoms with E-state index in [0.717, 1.165) is 43.8 Å². The van der Waals surface area contributed by atoms with E-state index < -0.39 is 12.1 Å². The molecule has 0 unspecified atom stereocenters. The van der Waals surface area contributed by atoms with Gasteiger partial charge in [0.15, 0.2) is 5.65 Å². The lowest BCUT2D eigenvalue weighted by atomic mass is 10.0. The summed E-state index contributed by atoms with van der Waals surface area (Å²) in [6, 6.07) is 0.359. The van der Waals surface area contributed by atoms with Crippen molar-refractivity contribution in [2.24, 2.45) is 5.92 Å². The SMILES string of the molecule is CN1CCC(n2ncc3c(=O)[nH]c(CC4CCCC4)nc32)CC1.O=C(O)C(F)(F)F. The van der Waals surface area contributed by atoms with Crippen molar-refractivity contribution in [3.63, 3.8) is 0 Å². The summed E-state index contributed by atoms with van der Waals surface area (Å²) in [5, 5.41) is 12.2. The third-order valence-corrected chi connectivity index (χ3v) is 5.75. The number of hydrogen-bond donors (Lipinski definition) is 2. The van der Waals surface area contributed by atoms with Crippen LogP contribution in [0.4, 0.5) is 13.2 Å². The van der Waals surface area contributed by atoms with Crippen molar-refractivity contribution in [3.8, 4) is 0 Å². The van der Waals surface area contributed by atoms with Gasteiger partial charge in [0.1, 0.15) is 11.2 Å². The summed E-state index contributed by atoms with van der Waals surface area (Å²) < 4.78 is 33.7. The second kappa shape index (κ2) is 9.15. The standard InChI is InChI=1S/C17H25N5O.C2HF3O2/c1-21-8-6-13(7-9-21)22-16-14(11-18-22)17(23)20-15(19-16)10-12-4-2-3-5-12;3-2(4,5)1(6)7/h11-13H,2-10H2,1H3,(H,19,20,23);(H,6,7). The predicted molar refractivity (Wildman–Crippen MR) is 103 cm³/mol. The van der Waals surface area contributed by atoms with E-state index >= 15 is 0 Å². The highest BCUT2D eigenvalue weighted by molar-refractivity contribution is 5.73. The molecule has 0 bridgehead atoms. The van der Waals surface area contributed by atoms with Gasteiger partial charge in [-0.05, 0) is 38.9 Å². The Kier molecular flexibility index (Phi) is 6.79. The number of halogens is 3. The van der Waals surface area contributed by atoms with E-state index in [2.05, 4.69) is 22.0 Å². The molecule has 1 saturated heterocycles. The summed E-state index contributed by atoms with van der Waals surface area (Å²) in [5.74, 6) is -1.24. The van der Waals surface area contributed by atoms with Gasteiger partial charge >= 0.3 is 12.1 Å². The molecular weight excluding hydrogens is 403 g/mol. The molecule has 8 nitrogen and oxygen atoms in total. The Balaban J connectivity index is 0.000000318. The molecule has 1 saturated carbocycles. The molecule has 2 N–H and O–H groups in total. The number of carboxylic acid groups (broad SMARTS) is 1. The summed E-state index contributed by atoms with van der Waals surface area (Å²) >= 11 is 0. The van der Waals surface area contributed by atoms with Crippen LogP contribution in [-0.2, 0) is 11.2 Å². The first-order valence-corrected chi connectivity index (χ1v) is 10.1. The third kappa shape index (κ3) is 5.38. The fourth-order valence-corrected chi connectivity index (χ4v) is 4.07. The maximum Gasteiger partial charge on any atom is 0.490 e. The van der Waals surface area contributed by atoms with Crippen molar-refractivity contribution >= 4 is 17.0 Å². The molecule has 4 rings (SSSR count). The van der Waals surface area contributed by atoms with Crippen LogP contribution in [0.1, 0.15) is 50.4 Å². The van der Waals surface area contributed by atoms with Crippen LogP contribution in [0, 0.1) is 5.92 Å². The molecule has 3 heterocycles. The highest BCUT2D eigenvalue weighted by Crippen LogP contribution is 2.28. The van der Waals surface area contributed by atoms with Gasteiger partial charge in [-0.25, -0.2) is 14.5 Å². The third-order valence-electron chi connectivity index (χ3n) is 5.75. The minimum Gasteiger partial charge on any atom is -0.475 e. The lowest BCUT2D eigenvalue weighted by Crippen LogP contribution is -2.32. The highest BCUT2D eigenvalue weighted by atomic mass is 19.4. The summed E-state index contributed by atoms with van der Waals surface area (Å²) in [5.41, 5.74) is 0.735. The first kappa shape index (κ1) is 22.3. The van der Waals surface area contributed by atoms with Crippen LogP contribution in [0.3, 0.4) is 0 Å². The second-order valence-corrected chi connectivity index (χ2v) is 8.03. The summed E-state index contributed by atoms with van der Waals surface area (Å²) in [4.78, 5) is 31.4. The van der Waals surface area contributed by atoms with Crippen molar-refractivity contribution in [1.29, 1.82) is 0 Å². The fraction of sp³-hybridized carbons (Fsp3) is 0.684. The average Bonchev–Trinajstić information content (AvgIpc) is 3.32. The number of aromatic nitrogens is 4. The van der Waals surface area contributed by atoms with E-state index in [9.17, 15) is 18.0 Å².